The summed E-state index contributed by atoms with van der Waals surface area (Å²) < 4.78 is 5.58. The first kappa shape index (κ1) is 22.4. The molecule has 0 bridgehead atoms. The first-order valence-electron chi connectivity index (χ1n) is 9.36. The Morgan fingerprint density at radius 2 is 1.81 bits per heavy atom. The molecule has 0 radical (unpaired) electrons. The van der Waals surface area contributed by atoms with Crippen LogP contribution in [-0.4, -0.2) is 34.5 Å². The van der Waals surface area contributed by atoms with E-state index in [0.717, 1.165) is 29.6 Å². The number of ether oxygens (including phenoxy) is 1. The van der Waals surface area contributed by atoms with E-state index in [0.29, 0.717) is 6.42 Å². The van der Waals surface area contributed by atoms with E-state index in [4.69, 9.17) is 4.74 Å². The number of hydrogen-bond acceptors (Lipinski definition) is 4. The number of rotatable bonds is 2. The predicted molar refractivity (Wildman–Crippen MR) is 106 cm³/mol. The van der Waals surface area contributed by atoms with Crippen molar-refractivity contribution in [3.63, 3.8) is 0 Å². The van der Waals surface area contributed by atoms with E-state index in [1.54, 1.807) is 6.08 Å². The number of carbonyl (C=O) groups is 1. The molecule has 0 aromatic rings. The lowest BCUT2D eigenvalue weighted by Gasteiger charge is -2.24. The molecule has 0 aromatic heterocycles. The maximum absolute atomic E-state index is 11.6. The molecule has 1 aliphatic carbocycles. The summed E-state index contributed by atoms with van der Waals surface area (Å²) in [6.07, 6.45) is 7.67. The average Bonchev–Trinajstić information content (AvgIpc) is 2.52. The Bertz CT molecular complexity index is 608. The summed E-state index contributed by atoms with van der Waals surface area (Å²) in [5.74, 6) is -0.0997. The molecular formula is C22H34O4. The first-order valence-corrected chi connectivity index (χ1v) is 9.36. The predicted octanol–water partition coefficient (Wildman–Crippen LogP) is 4.25. The van der Waals surface area contributed by atoms with Gasteiger partial charge in [0.15, 0.2) is 0 Å². The minimum atomic E-state index is -0.977. The van der Waals surface area contributed by atoms with Crippen molar-refractivity contribution < 1.29 is 19.7 Å². The van der Waals surface area contributed by atoms with Gasteiger partial charge in [-0.25, -0.2) is 0 Å². The van der Waals surface area contributed by atoms with Crippen LogP contribution < -0.4 is 0 Å². The van der Waals surface area contributed by atoms with E-state index < -0.39 is 12.2 Å². The third kappa shape index (κ3) is 7.30. The van der Waals surface area contributed by atoms with Crippen molar-refractivity contribution in [2.45, 2.75) is 79.1 Å². The summed E-state index contributed by atoms with van der Waals surface area (Å²) in [5, 5.41) is 20.6. The van der Waals surface area contributed by atoms with Gasteiger partial charge in [-0.05, 0) is 50.7 Å². The molecule has 0 aliphatic heterocycles. The molecular weight excluding hydrogens is 328 g/mol. The quantitative estimate of drug-likeness (QED) is 0.569. The lowest BCUT2D eigenvalue weighted by atomic mass is 9.91. The van der Waals surface area contributed by atoms with Gasteiger partial charge in [0.25, 0.3) is 0 Å². The minimum Gasteiger partial charge on any atom is -0.458 e. The molecule has 4 heteroatoms. The molecule has 2 N–H and O–H groups in total. The highest BCUT2D eigenvalue weighted by molar-refractivity contribution is 5.66. The Kier molecular flexibility index (Phi) is 9.03. The van der Waals surface area contributed by atoms with Crippen LogP contribution in [0.1, 0.15) is 60.8 Å². The molecule has 146 valence electrons. The standard InChI is InChI=1S/C22H34O4/c1-14(2)19-11-10-15(3)8-7-9-17(5)22(25)20(24)12-16(4)13-21(19)26-18(6)23/h9-12,14,20-22,24-25H,7-8,13H2,1-6H3. The summed E-state index contributed by atoms with van der Waals surface area (Å²) in [6.45, 7) is 11.4. The molecule has 0 spiro atoms. The fraction of sp³-hybridized carbons (Fsp3) is 0.591. The zero-order valence-electron chi connectivity index (χ0n) is 17.0. The van der Waals surface area contributed by atoms with Crippen molar-refractivity contribution in [2.75, 3.05) is 0 Å². The highest BCUT2D eigenvalue weighted by Gasteiger charge is 2.22. The molecule has 0 aromatic carbocycles. The van der Waals surface area contributed by atoms with Crippen LogP contribution in [0.4, 0.5) is 0 Å². The van der Waals surface area contributed by atoms with Gasteiger partial charge >= 0.3 is 5.97 Å². The minimum absolute atomic E-state index is 0.224. The zero-order valence-corrected chi connectivity index (χ0v) is 17.0. The van der Waals surface area contributed by atoms with Gasteiger partial charge in [0.1, 0.15) is 18.3 Å². The number of carbonyl (C=O) groups excluding carboxylic acids is 1. The lowest BCUT2D eigenvalue weighted by molar-refractivity contribution is -0.144. The van der Waals surface area contributed by atoms with Crippen molar-refractivity contribution >= 4 is 5.97 Å². The maximum atomic E-state index is 11.6. The van der Waals surface area contributed by atoms with Crippen LogP contribution in [-0.2, 0) is 9.53 Å². The van der Waals surface area contributed by atoms with Crippen molar-refractivity contribution in [3.05, 3.63) is 46.6 Å². The SMILES string of the molecule is CC(=O)OC1CC(C)=CC(O)C(O)C(C)=CCCC(C)=CC=C1C(C)C. The summed E-state index contributed by atoms with van der Waals surface area (Å²) in [5.41, 5.74) is 3.90. The van der Waals surface area contributed by atoms with Gasteiger partial charge in [-0.3, -0.25) is 4.79 Å². The van der Waals surface area contributed by atoms with E-state index in [9.17, 15) is 15.0 Å². The van der Waals surface area contributed by atoms with Crippen LogP contribution in [0.25, 0.3) is 0 Å². The van der Waals surface area contributed by atoms with Gasteiger partial charge in [0.05, 0.1) is 0 Å². The van der Waals surface area contributed by atoms with Crippen LogP contribution >= 0.6 is 0 Å². The highest BCUT2D eigenvalue weighted by atomic mass is 16.5. The van der Waals surface area contributed by atoms with Crippen LogP contribution in [0.5, 0.6) is 0 Å². The van der Waals surface area contributed by atoms with Crippen molar-refractivity contribution in [3.8, 4) is 0 Å². The van der Waals surface area contributed by atoms with Crippen LogP contribution in [0.2, 0.25) is 0 Å². The Morgan fingerprint density at radius 3 is 2.38 bits per heavy atom. The number of allylic oxidation sites excluding steroid dienone is 4. The number of hydrogen-bond donors (Lipinski definition) is 2. The van der Waals surface area contributed by atoms with Gasteiger partial charge in [-0.1, -0.05) is 49.3 Å². The van der Waals surface area contributed by atoms with Crippen molar-refractivity contribution in [1.29, 1.82) is 0 Å². The van der Waals surface area contributed by atoms with Gasteiger partial charge in [0.2, 0.25) is 0 Å². The third-order valence-corrected chi connectivity index (χ3v) is 4.66. The second-order valence-corrected chi connectivity index (χ2v) is 7.57. The fourth-order valence-electron chi connectivity index (χ4n) is 3.08. The number of aliphatic hydroxyl groups is 2. The molecule has 0 saturated carbocycles. The van der Waals surface area contributed by atoms with E-state index in [-0.39, 0.29) is 18.0 Å². The summed E-state index contributed by atoms with van der Waals surface area (Å²) in [6, 6.07) is 0. The monoisotopic (exact) mass is 362 g/mol. The third-order valence-electron chi connectivity index (χ3n) is 4.66. The lowest BCUT2D eigenvalue weighted by Crippen LogP contribution is -2.26. The van der Waals surface area contributed by atoms with Gasteiger partial charge in [-0.15, -0.1) is 0 Å². The van der Waals surface area contributed by atoms with E-state index >= 15 is 0 Å². The second kappa shape index (κ2) is 10.5. The highest BCUT2D eigenvalue weighted by Crippen LogP contribution is 2.25. The smallest absolute Gasteiger partial charge is 0.303 e. The zero-order chi connectivity index (χ0) is 19.9. The normalized spacial score (nSPS) is 26.3. The molecule has 26 heavy (non-hydrogen) atoms. The van der Waals surface area contributed by atoms with Gasteiger partial charge in [0, 0.05) is 13.3 Å². The fourth-order valence-corrected chi connectivity index (χ4v) is 3.08. The van der Waals surface area contributed by atoms with Gasteiger partial charge in [-0.2, -0.15) is 0 Å². The molecule has 0 amide bonds. The molecule has 4 nitrogen and oxygen atoms in total. The van der Waals surface area contributed by atoms with Gasteiger partial charge < -0.3 is 14.9 Å². The van der Waals surface area contributed by atoms with E-state index in [2.05, 4.69) is 32.9 Å². The number of aliphatic hydroxyl groups excluding tert-OH is 2. The Hall–Kier alpha value is -1.65. The average molecular weight is 363 g/mol. The first-order chi connectivity index (χ1) is 12.1. The molecule has 0 saturated heterocycles. The summed E-state index contributed by atoms with van der Waals surface area (Å²) >= 11 is 0. The summed E-state index contributed by atoms with van der Waals surface area (Å²) in [7, 11) is 0. The molecule has 0 fully saturated rings. The van der Waals surface area contributed by atoms with Crippen LogP contribution in [0.15, 0.2) is 46.6 Å². The Morgan fingerprint density at radius 1 is 1.15 bits per heavy atom. The molecule has 3 unspecified atom stereocenters. The van der Waals surface area contributed by atoms with E-state index in [1.807, 2.05) is 19.9 Å². The summed E-state index contributed by atoms with van der Waals surface area (Å²) in [4.78, 5) is 11.6. The number of esters is 1. The van der Waals surface area contributed by atoms with Crippen molar-refractivity contribution in [1.82, 2.24) is 0 Å². The topological polar surface area (TPSA) is 66.8 Å². The maximum Gasteiger partial charge on any atom is 0.303 e. The van der Waals surface area contributed by atoms with Crippen LogP contribution in [0, 0.1) is 5.92 Å². The molecule has 1 aliphatic rings. The Balaban J connectivity index is 3.32. The molecule has 3 atom stereocenters. The molecule has 0 heterocycles. The van der Waals surface area contributed by atoms with Crippen molar-refractivity contribution in [2.24, 2.45) is 5.92 Å². The van der Waals surface area contributed by atoms with E-state index in [1.165, 1.54) is 12.5 Å². The largest absolute Gasteiger partial charge is 0.458 e. The molecule has 1 rings (SSSR count). The van der Waals surface area contributed by atoms with Crippen LogP contribution in [0.3, 0.4) is 0 Å². The second-order valence-electron chi connectivity index (χ2n) is 7.57. The Labute approximate surface area is 158 Å².